The molecule has 144 valence electrons. The fourth-order valence-corrected chi connectivity index (χ4v) is 5.77. The van der Waals surface area contributed by atoms with Crippen LogP contribution in [0, 0.1) is 24.7 Å². The van der Waals surface area contributed by atoms with E-state index in [0.29, 0.717) is 42.7 Å². The maximum atomic E-state index is 12.9. The smallest absolute Gasteiger partial charge is 0.243 e. The molecule has 1 amide bonds. The van der Waals surface area contributed by atoms with Gasteiger partial charge in [0.25, 0.3) is 0 Å². The first-order valence-corrected chi connectivity index (χ1v) is 11.1. The predicted octanol–water partition coefficient (Wildman–Crippen LogP) is 2.90. The van der Waals surface area contributed by atoms with Crippen LogP contribution in [0.2, 0.25) is 0 Å². The fraction of sp³-hybridized carbons (Fsp3) is 0.650. The first kappa shape index (κ1) is 19.4. The molecule has 2 fully saturated rings. The van der Waals surface area contributed by atoms with Crippen molar-refractivity contribution < 1.29 is 13.2 Å². The molecule has 26 heavy (non-hydrogen) atoms. The van der Waals surface area contributed by atoms with Gasteiger partial charge in [-0.1, -0.05) is 31.5 Å². The largest absolute Gasteiger partial charge is 0.342 e. The van der Waals surface area contributed by atoms with Crippen LogP contribution in [0.25, 0.3) is 0 Å². The molecule has 2 heterocycles. The first-order valence-electron chi connectivity index (χ1n) is 9.63. The SMILES string of the molecule is Cc1ccc(S(=O)(=O)N2CCC(C(=O)N3C[C@H](C)C[C@H](C)C3)CC2)cc1. The van der Waals surface area contributed by atoms with Gasteiger partial charge in [-0.25, -0.2) is 8.42 Å². The van der Waals surface area contributed by atoms with Crippen LogP contribution in [0.1, 0.15) is 38.7 Å². The van der Waals surface area contributed by atoms with Gasteiger partial charge in [0.1, 0.15) is 0 Å². The molecule has 0 unspecified atom stereocenters. The second-order valence-corrected chi connectivity index (χ2v) is 10.1. The second-order valence-electron chi connectivity index (χ2n) is 8.18. The monoisotopic (exact) mass is 378 g/mol. The van der Waals surface area contributed by atoms with E-state index in [1.165, 1.54) is 10.7 Å². The Balaban J connectivity index is 1.62. The highest BCUT2D eigenvalue weighted by atomic mass is 32.2. The number of carbonyl (C=O) groups is 1. The minimum Gasteiger partial charge on any atom is -0.342 e. The van der Waals surface area contributed by atoms with Gasteiger partial charge in [0.05, 0.1) is 4.90 Å². The molecule has 2 saturated heterocycles. The van der Waals surface area contributed by atoms with Crippen LogP contribution < -0.4 is 0 Å². The van der Waals surface area contributed by atoms with Crippen LogP contribution in [-0.2, 0) is 14.8 Å². The van der Waals surface area contributed by atoms with E-state index in [0.717, 1.165) is 18.7 Å². The van der Waals surface area contributed by atoms with E-state index in [2.05, 4.69) is 13.8 Å². The summed E-state index contributed by atoms with van der Waals surface area (Å²) < 4.78 is 27.1. The topological polar surface area (TPSA) is 57.7 Å². The number of aryl methyl sites for hydroxylation is 1. The van der Waals surface area contributed by atoms with Crippen molar-refractivity contribution >= 4 is 15.9 Å². The Morgan fingerprint density at radius 1 is 1.00 bits per heavy atom. The van der Waals surface area contributed by atoms with Gasteiger partial charge in [0.15, 0.2) is 0 Å². The molecule has 0 spiro atoms. The number of piperidine rings is 2. The van der Waals surface area contributed by atoms with Crippen LogP contribution in [0.15, 0.2) is 29.2 Å². The summed E-state index contributed by atoms with van der Waals surface area (Å²) in [5, 5.41) is 0. The Morgan fingerprint density at radius 2 is 1.54 bits per heavy atom. The third kappa shape index (κ3) is 4.12. The van der Waals surface area contributed by atoms with Gasteiger partial charge in [-0.3, -0.25) is 4.79 Å². The van der Waals surface area contributed by atoms with E-state index in [9.17, 15) is 13.2 Å². The Hall–Kier alpha value is -1.40. The number of hydrogen-bond acceptors (Lipinski definition) is 3. The van der Waals surface area contributed by atoms with E-state index < -0.39 is 10.0 Å². The van der Waals surface area contributed by atoms with Crippen LogP contribution in [-0.4, -0.2) is 49.7 Å². The van der Waals surface area contributed by atoms with E-state index in [1.54, 1.807) is 12.1 Å². The van der Waals surface area contributed by atoms with Gasteiger partial charge in [0, 0.05) is 32.1 Å². The predicted molar refractivity (Wildman–Crippen MR) is 102 cm³/mol. The van der Waals surface area contributed by atoms with Crippen molar-refractivity contribution in [3.8, 4) is 0 Å². The van der Waals surface area contributed by atoms with Gasteiger partial charge < -0.3 is 4.90 Å². The molecule has 3 rings (SSSR count). The number of rotatable bonds is 3. The normalized spacial score (nSPS) is 26.0. The summed E-state index contributed by atoms with van der Waals surface area (Å²) >= 11 is 0. The zero-order chi connectivity index (χ0) is 18.9. The summed E-state index contributed by atoms with van der Waals surface area (Å²) in [6, 6.07) is 6.97. The Kier molecular flexibility index (Phi) is 5.72. The number of benzene rings is 1. The Bertz CT molecular complexity index is 727. The molecule has 6 heteroatoms. The lowest BCUT2D eigenvalue weighted by molar-refractivity contribution is -0.139. The Labute approximate surface area is 157 Å². The molecular formula is C20H30N2O3S. The lowest BCUT2D eigenvalue weighted by Crippen LogP contribution is -2.48. The van der Waals surface area contributed by atoms with Gasteiger partial charge in [0.2, 0.25) is 15.9 Å². The van der Waals surface area contributed by atoms with Gasteiger partial charge >= 0.3 is 0 Å². The molecule has 2 aliphatic rings. The number of likely N-dealkylation sites (tertiary alicyclic amines) is 1. The van der Waals surface area contributed by atoms with Gasteiger partial charge in [-0.2, -0.15) is 4.31 Å². The number of carbonyl (C=O) groups excluding carboxylic acids is 1. The van der Waals surface area contributed by atoms with Crippen molar-refractivity contribution in [1.29, 1.82) is 0 Å². The van der Waals surface area contributed by atoms with Crippen molar-refractivity contribution in [1.82, 2.24) is 9.21 Å². The van der Waals surface area contributed by atoms with E-state index in [-0.39, 0.29) is 11.8 Å². The Morgan fingerprint density at radius 3 is 2.08 bits per heavy atom. The molecule has 0 radical (unpaired) electrons. The van der Waals surface area contributed by atoms with Gasteiger partial charge in [-0.05, 0) is 50.2 Å². The average molecular weight is 379 g/mol. The molecule has 0 saturated carbocycles. The fourth-order valence-electron chi connectivity index (χ4n) is 4.30. The summed E-state index contributed by atoms with van der Waals surface area (Å²) in [5.74, 6) is 1.27. The van der Waals surface area contributed by atoms with Crippen LogP contribution >= 0.6 is 0 Å². The third-order valence-electron chi connectivity index (χ3n) is 5.64. The maximum absolute atomic E-state index is 12.9. The van der Waals surface area contributed by atoms with E-state index >= 15 is 0 Å². The molecule has 1 aromatic rings. The lowest BCUT2D eigenvalue weighted by Gasteiger charge is -2.39. The van der Waals surface area contributed by atoms with Gasteiger partial charge in [-0.15, -0.1) is 0 Å². The minimum absolute atomic E-state index is 0.0445. The summed E-state index contributed by atoms with van der Waals surface area (Å²) in [6.45, 7) is 8.86. The van der Waals surface area contributed by atoms with Crippen LogP contribution in [0.5, 0.6) is 0 Å². The standard InChI is InChI=1S/C20H30N2O3S/c1-15-4-6-19(7-5-15)26(24,25)22-10-8-18(9-11-22)20(23)21-13-16(2)12-17(3)14-21/h4-7,16-18H,8-14H2,1-3H3/t16-,17+. The number of amides is 1. The zero-order valence-electron chi connectivity index (χ0n) is 16.0. The van der Waals surface area contributed by atoms with Crippen LogP contribution in [0.4, 0.5) is 0 Å². The van der Waals surface area contributed by atoms with Crippen LogP contribution in [0.3, 0.4) is 0 Å². The molecule has 0 N–H and O–H groups in total. The molecule has 0 bridgehead atoms. The van der Waals surface area contributed by atoms with E-state index in [1.807, 2.05) is 24.0 Å². The first-order chi connectivity index (χ1) is 12.3. The van der Waals surface area contributed by atoms with Crippen molar-refractivity contribution in [2.45, 2.75) is 44.9 Å². The minimum atomic E-state index is -3.46. The molecule has 2 aliphatic heterocycles. The molecule has 1 aromatic carbocycles. The lowest BCUT2D eigenvalue weighted by atomic mass is 9.89. The van der Waals surface area contributed by atoms with Crippen molar-refractivity contribution in [2.75, 3.05) is 26.2 Å². The zero-order valence-corrected chi connectivity index (χ0v) is 16.8. The number of nitrogens with zero attached hydrogens (tertiary/aromatic N) is 2. The highest BCUT2D eigenvalue weighted by Gasteiger charge is 2.35. The van der Waals surface area contributed by atoms with Crippen molar-refractivity contribution in [2.24, 2.45) is 17.8 Å². The quantitative estimate of drug-likeness (QED) is 0.813. The highest BCUT2D eigenvalue weighted by Crippen LogP contribution is 2.28. The molecule has 2 atom stereocenters. The molecule has 0 aromatic heterocycles. The maximum Gasteiger partial charge on any atom is 0.243 e. The summed E-state index contributed by atoms with van der Waals surface area (Å²) in [4.78, 5) is 15.2. The van der Waals surface area contributed by atoms with E-state index in [4.69, 9.17) is 0 Å². The molecule has 5 nitrogen and oxygen atoms in total. The average Bonchev–Trinajstić information content (AvgIpc) is 2.61. The third-order valence-corrected chi connectivity index (χ3v) is 7.56. The van der Waals surface area contributed by atoms with Crippen molar-refractivity contribution in [3.63, 3.8) is 0 Å². The summed E-state index contributed by atoms with van der Waals surface area (Å²) in [6.07, 6.45) is 2.41. The summed E-state index contributed by atoms with van der Waals surface area (Å²) in [5.41, 5.74) is 1.04. The molecular weight excluding hydrogens is 348 g/mol. The summed E-state index contributed by atoms with van der Waals surface area (Å²) in [7, 11) is -3.46. The number of sulfonamides is 1. The number of hydrogen-bond donors (Lipinski definition) is 0. The highest BCUT2D eigenvalue weighted by molar-refractivity contribution is 7.89. The van der Waals surface area contributed by atoms with Crippen molar-refractivity contribution in [3.05, 3.63) is 29.8 Å². The second kappa shape index (κ2) is 7.69. The molecule has 0 aliphatic carbocycles.